The lowest BCUT2D eigenvalue weighted by molar-refractivity contribution is 0.102. The van der Waals surface area contributed by atoms with Crippen molar-refractivity contribution >= 4 is 23.4 Å². The summed E-state index contributed by atoms with van der Waals surface area (Å²) in [5.74, 6) is 0.876. The largest absolute Gasteiger partial charge is 0.384 e. The summed E-state index contributed by atoms with van der Waals surface area (Å²) in [6, 6.07) is 0.410. The fraction of sp³-hybridized carbons (Fsp3) is 0.588. The van der Waals surface area contributed by atoms with Gasteiger partial charge in [-0.1, -0.05) is 11.8 Å². The summed E-state index contributed by atoms with van der Waals surface area (Å²) in [5.41, 5.74) is 4.32. The Balaban J connectivity index is 1.55. The van der Waals surface area contributed by atoms with Gasteiger partial charge in [0.2, 0.25) is 0 Å². The molecule has 2 aromatic heterocycles. The third kappa shape index (κ3) is 3.63. The van der Waals surface area contributed by atoms with Crippen LogP contribution in [0.1, 0.15) is 53.8 Å². The minimum absolute atomic E-state index is 0.00865. The molecule has 0 aromatic carbocycles. The van der Waals surface area contributed by atoms with Crippen LogP contribution < -0.4 is 17.0 Å². The molecule has 11 heteroatoms. The molecular weight excluding hydrogens is 384 g/mol. The zero-order valence-electron chi connectivity index (χ0n) is 15.5. The van der Waals surface area contributed by atoms with Crippen LogP contribution in [0, 0.1) is 0 Å². The predicted octanol–water partition coefficient (Wildman–Crippen LogP) is 0.544. The van der Waals surface area contributed by atoms with Gasteiger partial charge in [-0.25, -0.2) is 4.79 Å². The number of hydrogen-bond acceptors (Lipinski definition) is 8. The molecule has 2 fully saturated rings. The monoisotopic (exact) mass is 406 g/mol. The number of ketones is 1. The third-order valence-corrected chi connectivity index (χ3v) is 5.86. The van der Waals surface area contributed by atoms with Crippen LogP contribution in [-0.4, -0.2) is 49.6 Å². The van der Waals surface area contributed by atoms with Gasteiger partial charge in [0.05, 0.1) is 18.9 Å². The van der Waals surface area contributed by atoms with E-state index in [1.54, 1.807) is 0 Å². The predicted molar refractivity (Wildman–Crippen MR) is 103 cm³/mol. The fourth-order valence-corrected chi connectivity index (χ4v) is 4.03. The summed E-state index contributed by atoms with van der Waals surface area (Å²) in [6.45, 7) is 0.374. The molecule has 0 bridgehead atoms. The van der Waals surface area contributed by atoms with Crippen molar-refractivity contribution in [2.75, 3.05) is 25.2 Å². The van der Waals surface area contributed by atoms with Crippen molar-refractivity contribution in [1.82, 2.24) is 24.3 Å². The first kappa shape index (κ1) is 18.9. The van der Waals surface area contributed by atoms with Crippen LogP contribution >= 0.6 is 11.8 Å². The molecule has 0 unspecified atom stereocenters. The van der Waals surface area contributed by atoms with Gasteiger partial charge in [0.25, 0.3) is 5.56 Å². The van der Waals surface area contributed by atoms with Gasteiger partial charge in [-0.15, -0.1) is 10.2 Å². The number of methoxy groups -OCH3 is 1. The topological polar surface area (TPSA) is 138 Å². The fourth-order valence-electron chi connectivity index (χ4n) is 3.15. The molecule has 3 N–H and O–H groups in total. The summed E-state index contributed by atoms with van der Waals surface area (Å²) in [6.07, 6.45) is 4.44. The van der Waals surface area contributed by atoms with Crippen LogP contribution in [0.15, 0.2) is 14.7 Å². The molecule has 0 amide bonds. The van der Waals surface area contributed by atoms with Crippen molar-refractivity contribution in [3.8, 4) is 0 Å². The van der Waals surface area contributed by atoms with Gasteiger partial charge < -0.3 is 15.0 Å². The summed E-state index contributed by atoms with van der Waals surface area (Å²) < 4.78 is 8.23. The van der Waals surface area contributed by atoms with Crippen molar-refractivity contribution < 1.29 is 9.53 Å². The first-order chi connectivity index (χ1) is 13.5. The molecule has 0 spiro atoms. The van der Waals surface area contributed by atoms with E-state index >= 15 is 0 Å². The number of anilines is 1. The highest BCUT2D eigenvalue weighted by Gasteiger charge is 2.36. The standard InChI is InChI=1S/C17H22N6O4S/c1-27-7-6-22-13(18)12(15(25)19-16(22)26)11(24)8-28-17-21-20-14(9-2-3-9)23(17)10-4-5-10/h9-10H,2-8,18H2,1H3,(H,19,25,26). The first-order valence-corrected chi connectivity index (χ1v) is 10.2. The number of nitrogens with two attached hydrogens (primary N) is 1. The highest BCUT2D eigenvalue weighted by atomic mass is 32.2. The van der Waals surface area contributed by atoms with Gasteiger partial charge in [-0.05, 0) is 25.7 Å². The number of hydrogen-bond donors (Lipinski definition) is 2. The van der Waals surface area contributed by atoms with Crippen LogP contribution in [0.2, 0.25) is 0 Å². The number of thioether (sulfide) groups is 1. The highest BCUT2D eigenvalue weighted by Crippen LogP contribution is 2.46. The minimum atomic E-state index is -0.774. The molecule has 0 atom stereocenters. The Morgan fingerprint density at radius 1 is 1.29 bits per heavy atom. The molecule has 150 valence electrons. The Kier molecular flexibility index (Phi) is 5.11. The van der Waals surface area contributed by atoms with Gasteiger partial charge in [0.15, 0.2) is 10.9 Å². The molecule has 28 heavy (non-hydrogen) atoms. The number of aromatic amines is 1. The summed E-state index contributed by atoms with van der Waals surface area (Å²) in [7, 11) is 1.49. The van der Waals surface area contributed by atoms with E-state index < -0.39 is 17.0 Å². The molecule has 2 heterocycles. The van der Waals surface area contributed by atoms with E-state index in [1.165, 1.54) is 18.9 Å². The molecule has 2 saturated carbocycles. The first-order valence-electron chi connectivity index (χ1n) is 9.23. The number of carbonyl (C=O) groups is 1. The van der Waals surface area contributed by atoms with Crippen LogP contribution in [-0.2, 0) is 11.3 Å². The van der Waals surface area contributed by atoms with Crippen molar-refractivity contribution in [3.05, 3.63) is 32.2 Å². The summed E-state index contributed by atoms with van der Waals surface area (Å²) in [4.78, 5) is 39.0. The van der Waals surface area contributed by atoms with E-state index in [-0.39, 0.29) is 30.3 Å². The van der Waals surface area contributed by atoms with Crippen LogP contribution in [0.25, 0.3) is 0 Å². The summed E-state index contributed by atoms with van der Waals surface area (Å²) >= 11 is 1.25. The van der Waals surface area contributed by atoms with Crippen LogP contribution in [0.3, 0.4) is 0 Å². The summed E-state index contributed by atoms with van der Waals surface area (Å²) in [5, 5.41) is 9.26. The van der Waals surface area contributed by atoms with E-state index in [4.69, 9.17) is 10.5 Å². The smallest absolute Gasteiger partial charge is 0.330 e. The zero-order valence-corrected chi connectivity index (χ0v) is 16.3. The van der Waals surface area contributed by atoms with Gasteiger partial charge >= 0.3 is 5.69 Å². The quantitative estimate of drug-likeness (QED) is 0.455. The second kappa shape index (κ2) is 7.55. The zero-order chi connectivity index (χ0) is 19.8. The second-order valence-electron chi connectivity index (χ2n) is 7.09. The average Bonchev–Trinajstić information content (AvgIpc) is 3.58. The van der Waals surface area contributed by atoms with Crippen LogP contribution in [0.5, 0.6) is 0 Å². The normalized spacial score (nSPS) is 16.5. The highest BCUT2D eigenvalue weighted by molar-refractivity contribution is 7.99. The number of ether oxygens (including phenoxy) is 1. The van der Waals surface area contributed by atoms with Gasteiger partial charge in [0.1, 0.15) is 17.2 Å². The Morgan fingerprint density at radius 2 is 2.04 bits per heavy atom. The maximum Gasteiger partial charge on any atom is 0.330 e. The van der Waals surface area contributed by atoms with Gasteiger partial charge in [-0.2, -0.15) is 0 Å². The SMILES string of the molecule is COCCn1c(N)c(C(=O)CSc2nnc(C3CC3)n2C2CC2)c(=O)[nH]c1=O. The number of H-pyrrole nitrogens is 1. The van der Waals surface area contributed by atoms with Crippen molar-refractivity contribution in [2.45, 2.75) is 49.3 Å². The molecule has 2 aromatic rings. The number of nitrogens with zero attached hydrogens (tertiary/aromatic N) is 4. The Bertz CT molecular complexity index is 1020. The lowest BCUT2D eigenvalue weighted by atomic mass is 10.2. The van der Waals surface area contributed by atoms with Crippen molar-refractivity contribution in [3.63, 3.8) is 0 Å². The van der Waals surface area contributed by atoms with Crippen molar-refractivity contribution in [1.29, 1.82) is 0 Å². The average molecular weight is 406 g/mol. The Hall–Kier alpha value is -2.40. The molecule has 2 aliphatic rings. The number of nitrogens with one attached hydrogen (secondary N) is 1. The molecule has 0 aliphatic heterocycles. The van der Waals surface area contributed by atoms with Gasteiger partial charge in [-0.3, -0.25) is 19.1 Å². The van der Waals surface area contributed by atoms with Gasteiger partial charge in [0, 0.05) is 19.1 Å². The van der Waals surface area contributed by atoms with E-state index in [9.17, 15) is 14.4 Å². The number of Topliss-reactive ketones (excluding diaryl/α,β-unsaturated/α-hetero) is 1. The molecule has 4 rings (SSSR count). The third-order valence-electron chi connectivity index (χ3n) is 4.92. The molecule has 0 radical (unpaired) electrons. The lowest BCUT2D eigenvalue weighted by Crippen LogP contribution is -2.37. The maximum atomic E-state index is 12.7. The number of aromatic nitrogens is 5. The van der Waals surface area contributed by atoms with E-state index in [0.717, 1.165) is 36.1 Å². The molecule has 0 saturated heterocycles. The Morgan fingerprint density at radius 3 is 2.68 bits per heavy atom. The minimum Gasteiger partial charge on any atom is -0.384 e. The molecular formula is C17H22N6O4S. The van der Waals surface area contributed by atoms with E-state index in [1.807, 2.05) is 0 Å². The number of rotatable bonds is 9. The number of nitrogen functional groups attached to an aromatic ring is 1. The van der Waals surface area contributed by atoms with Crippen LogP contribution in [0.4, 0.5) is 5.82 Å². The second-order valence-corrected chi connectivity index (χ2v) is 8.03. The van der Waals surface area contributed by atoms with E-state index in [2.05, 4.69) is 19.7 Å². The molecule has 2 aliphatic carbocycles. The lowest BCUT2D eigenvalue weighted by Gasteiger charge is -2.12. The van der Waals surface area contributed by atoms with Crippen molar-refractivity contribution in [2.24, 2.45) is 0 Å². The Labute approximate surface area is 164 Å². The molecule has 10 nitrogen and oxygen atoms in total. The number of carbonyl (C=O) groups excluding carboxylic acids is 1. The maximum absolute atomic E-state index is 12.7. The van der Waals surface area contributed by atoms with E-state index in [0.29, 0.717) is 17.1 Å².